The second kappa shape index (κ2) is 6.95. The van der Waals surface area contributed by atoms with E-state index in [9.17, 15) is 4.79 Å². The summed E-state index contributed by atoms with van der Waals surface area (Å²) in [5, 5.41) is 4.48. The number of hydrogen-bond donors (Lipinski definition) is 0. The standard InChI is InChI=1S/C18H29N3O/c1-3-18(22)15-4-6-16(7-5-15)20-10-8-17(9-11-20)21-13-14(2)12-19-21/h12-13,15-17H,3-11H2,1-2H3. The lowest BCUT2D eigenvalue weighted by atomic mass is 9.81. The summed E-state index contributed by atoms with van der Waals surface area (Å²) in [5.41, 5.74) is 1.25. The summed E-state index contributed by atoms with van der Waals surface area (Å²) in [5.74, 6) is 0.831. The first-order chi connectivity index (χ1) is 10.7. The second-order valence-corrected chi connectivity index (χ2v) is 7.09. The average Bonchev–Trinajstić information content (AvgIpc) is 3.01. The number of Topliss-reactive ketones (excluding diaryl/α,β-unsaturated/α-hetero) is 1. The van der Waals surface area contributed by atoms with Crippen LogP contribution in [0, 0.1) is 12.8 Å². The molecule has 1 aromatic heterocycles. The van der Waals surface area contributed by atoms with Gasteiger partial charge in [-0.3, -0.25) is 9.48 Å². The molecule has 1 aromatic rings. The molecule has 1 saturated carbocycles. The predicted octanol–water partition coefficient (Wildman–Crippen LogP) is 3.37. The number of nitrogens with zero attached hydrogens (tertiary/aromatic N) is 3. The normalized spacial score (nSPS) is 27.9. The van der Waals surface area contributed by atoms with Crippen LogP contribution in [-0.4, -0.2) is 39.6 Å². The highest BCUT2D eigenvalue weighted by molar-refractivity contribution is 5.80. The predicted molar refractivity (Wildman–Crippen MR) is 87.9 cm³/mol. The third kappa shape index (κ3) is 3.43. The molecule has 2 aliphatic rings. The third-order valence-corrected chi connectivity index (χ3v) is 5.62. The summed E-state index contributed by atoms with van der Waals surface area (Å²) in [6.07, 6.45) is 11.9. The lowest BCUT2D eigenvalue weighted by Gasteiger charge is -2.40. The molecule has 3 rings (SSSR count). The Bertz CT molecular complexity index is 494. The topological polar surface area (TPSA) is 38.1 Å². The lowest BCUT2D eigenvalue weighted by molar-refractivity contribution is -0.123. The van der Waals surface area contributed by atoms with Gasteiger partial charge in [0.25, 0.3) is 0 Å². The minimum atomic E-state index is 0.353. The summed E-state index contributed by atoms with van der Waals surface area (Å²) in [4.78, 5) is 14.5. The molecule has 0 atom stereocenters. The van der Waals surface area contributed by atoms with Gasteiger partial charge < -0.3 is 4.90 Å². The molecule has 0 spiro atoms. The Hall–Kier alpha value is -1.16. The van der Waals surface area contributed by atoms with Crippen LogP contribution >= 0.6 is 0 Å². The Kier molecular flexibility index (Phi) is 4.97. The van der Waals surface area contributed by atoms with Crippen molar-refractivity contribution in [3.05, 3.63) is 18.0 Å². The van der Waals surface area contributed by atoms with Crippen LogP contribution in [0.1, 0.15) is 63.5 Å². The van der Waals surface area contributed by atoms with E-state index < -0.39 is 0 Å². The number of likely N-dealkylation sites (tertiary alicyclic amines) is 1. The number of aryl methyl sites for hydroxylation is 1. The van der Waals surface area contributed by atoms with Gasteiger partial charge in [-0.25, -0.2) is 0 Å². The Morgan fingerprint density at radius 3 is 2.36 bits per heavy atom. The van der Waals surface area contributed by atoms with Crippen molar-refractivity contribution in [3.63, 3.8) is 0 Å². The van der Waals surface area contributed by atoms with Crippen LogP contribution in [0.25, 0.3) is 0 Å². The fourth-order valence-electron chi connectivity index (χ4n) is 4.20. The monoisotopic (exact) mass is 303 g/mol. The fourth-order valence-corrected chi connectivity index (χ4v) is 4.20. The van der Waals surface area contributed by atoms with Gasteiger partial charge in [-0.1, -0.05) is 6.92 Å². The quantitative estimate of drug-likeness (QED) is 0.856. The van der Waals surface area contributed by atoms with Gasteiger partial charge >= 0.3 is 0 Å². The summed E-state index contributed by atoms with van der Waals surface area (Å²) < 4.78 is 2.16. The first-order valence-electron chi connectivity index (χ1n) is 8.95. The number of hydrogen-bond acceptors (Lipinski definition) is 3. The van der Waals surface area contributed by atoms with Crippen molar-refractivity contribution in [2.24, 2.45) is 5.92 Å². The molecule has 2 heterocycles. The van der Waals surface area contributed by atoms with Crippen LogP contribution < -0.4 is 0 Å². The fraction of sp³-hybridized carbons (Fsp3) is 0.778. The van der Waals surface area contributed by atoms with Crippen LogP contribution in [-0.2, 0) is 4.79 Å². The Morgan fingerprint density at radius 2 is 1.82 bits per heavy atom. The van der Waals surface area contributed by atoms with Gasteiger partial charge in [0.2, 0.25) is 0 Å². The summed E-state index contributed by atoms with van der Waals surface area (Å²) in [6.45, 7) is 6.46. The van der Waals surface area contributed by atoms with Crippen molar-refractivity contribution in [1.82, 2.24) is 14.7 Å². The average molecular weight is 303 g/mol. The van der Waals surface area contributed by atoms with Crippen LogP contribution in [0.4, 0.5) is 0 Å². The van der Waals surface area contributed by atoms with Crippen molar-refractivity contribution in [2.75, 3.05) is 13.1 Å². The highest BCUT2D eigenvalue weighted by Gasteiger charge is 2.31. The maximum atomic E-state index is 11.8. The van der Waals surface area contributed by atoms with Gasteiger partial charge in [0.05, 0.1) is 12.2 Å². The van der Waals surface area contributed by atoms with Crippen molar-refractivity contribution in [1.29, 1.82) is 0 Å². The molecule has 1 aliphatic carbocycles. The van der Waals surface area contributed by atoms with E-state index in [4.69, 9.17) is 0 Å². The molecule has 0 radical (unpaired) electrons. The summed E-state index contributed by atoms with van der Waals surface area (Å²) in [7, 11) is 0. The summed E-state index contributed by atoms with van der Waals surface area (Å²) >= 11 is 0. The van der Waals surface area contributed by atoms with Gasteiger partial charge in [0.15, 0.2) is 0 Å². The third-order valence-electron chi connectivity index (χ3n) is 5.62. The van der Waals surface area contributed by atoms with E-state index in [0.717, 1.165) is 12.8 Å². The molecule has 0 N–H and O–H groups in total. The molecule has 122 valence electrons. The molecule has 4 heteroatoms. The second-order valence-electron chi connectivity index (χ2n) is 7.09. The van der Waals surface area contributed by atoms with Crippen LogP contribution in [0.3, 0.4) is 0 Å². The molecule has 0 amide bonds. The van der Waals surface area contributed by atoms with Crippen LogP contribution in [0.2, 0.25) is 0 Å². The van der Waals surface area contributed by atoms with E-state index in [-0.39, 0.29) is 0 Å². The van der Waals surface area contributed by atoms with E-state index in [1.54, 1.807) is 0 Å². The van der Waals surface area contributed by atoms with E-state index in [1.807, 2.05) is 13.1 Å². The number of ketones is 1. The molecule has 2 fully saturated rings. The highest BCUT2D eigenvalue weighted by atomic mass is 16.1. The Balaban J connectivity index is 1.47. The largest absolute Gasteiger partial charge is 0.300 e. The van der Waals surface area contributed by atoms with Crippen molar-refractivity contribution >= 4 is 5.78 Å². The molecular formula is C18H29N3O. The van der Waals surface area contributed by atoms with E-state index >= 15 is 0 Å². The van der Waals surface area contributed by atoms with Gasteiger partial charge in [-0.2, -0.15) is 5.10 Å². The first kappa shape index (κ1) is 15.7. The molecule has 1 aliphatic heterocycles. The molecule has 1 saturated heterocycles. The number of rotatable bonds is 4. The minimum absolute atomic E-state index is 0.353. The maximum Gasteiger partial charge on any atom is 0.135 e. The molecular weight excluding hydrogens is 274 g/mol. The van der Waals surface area contributed by atoms with E-state index in [1.165, 1.54) is 44.3 Å². The molecule has 0 bridgehead atoms. The smallest absolute Gasteiger partial charge is 0.135 e. The van der Waals surface area contributed by atoms with Crippen molar-refractivity contribution < 1.29 is 4.79 Å². The zero-order valence-electron chi connectivity index (χ0n) is 14.0. The van der Waals surface area contributed by atoms with E-state index in [2.05, 4.69) is 27.8 Å². The summed E-state index contributed by atoms with van der Waals surface area (Å²) in [6, 6.07) is 1.28. The SMILES string of the molecule is CCC(=O)C1CCC(N2CCC(n3cc(C)cn3)CC2)CC1. The van der Waals surface area contributed by atoms with Crippen molar-refractivity contribution in [2.45, 2.75) is 70.9 Å². The number of carbonyl (C=O) groups excluding carboxylic acids is 1. The molecule has 0 unspecified atom stereocenters. The number of carbonyl (C=O) groups is 1. The van der Waals surface area contributed by atoms with Crippen molar-refractivity contribution in [3.8, 4) is 0 Å². The van der Waals surface area contributed by atoms with Gasteiger partial charge in [-0.05, 0) is 51.0 Å². The molecule has 0 aromatic carbocycles. The number of aromatic nitrogens is 2. The Labute approximate surface area is 133 Å². The molecule has 4 nitrogen and oxygen atoms in total. The lowest BCUT2D eigenvalue weighted by Crippen LogP contribution is -2.44. The minimum Gasteiger partial charge on any atom is -0.300 e. The van der Waals surface area contributed by atoms with Crippen LogP contribution in [0.5, 0.6) is 0 Å². The van der Waals surface area contributed by atoms with Crippen LogP contribution in [0.15, 0.2) is 12.4 Å². The maximum absolute atomic E-state index is 11.8. The zero-order chi connectivity index (χ0) is 15.5. The zero-order valence-corrected chi connectivity index (χ0v) is 14.0. The van der Waals surface area contributed by atoms with Gasteiger partial charge in [0.1, 0.15) is 5.78 Å². The number of piperidine rings is 1. The molecule has 22 heavy (non-hydrogen) atoms. The first-order valence-corrected chi connectivity index (χ1v) is 8.95. The Morgan fingerprint density at radius 1 is 1.14 bits per heavy atom. The van der Waals surface area contributed by atoms with E-state index in [0.29, 0.717) is 30.2 Å². The van der Waals surface area contributed by atoms with Gasteiger partial charge in [-0.15, -0.1) is 0 Å². The van der Waals surface area contributed by atoms with Gasteiger partial charge in [0, 0.05) is 37.7 Å². The highest BCUT2D eigenvalue weighted by Crippen LogP contribution is 2.32.